The van der Waals surface area contributed by atoms with Gasteiger partial charge in [0.15, 0.2) is 0 Å². The molecule has 3 heteroatoms. The van der Waals surface area contributed by atoms with Crippen LogP contribution in [-0.2, 0) is 6.42 Å². The van der Waals surface area contributed by atoms with E-state index in [2.05, 4.69) is 6.92 Å². The van der Waals surface area contributed by atoms with Gasteiger partial charge in [-0.2, -0.15) is 0 Å². The second kappa shape index (κ2) is 10.2. The third-order valence-electron chi connectivity index (χ3n) is 3.63. The van der Waals surface area contributed by atoms with Crippen molar-refractivity contribution in [3.63, 3.8) is 0 Å². The van der Waals surface area contributed by atoms with Gasteiger partial charge in [-0.1, -0.05) is 75.6 Å². The first-order valence-electron chi connectivity index (χ1n) is 7.76. The zero-order valence-corrected chi connectivity index (χ0v) is 13.1. The molecule has 0 aromatic heterocycles. The van der Waals surface area contributed by atoms with Gasteiger partial charge in [0.1, 0.15) is 5.82 Å². The molecule has 0 aliphatic carbocycles. The normalized spacial score (nSPS) is 12.6. The quantitative estimate of drug-likeness (QED) is 0.564. The minimum Gasteiger partial charge on any atom is -0.393 e. The van der Waals surface area contributed by atoms with Crippen molar-refractivity contribution in [2.75, 3.05) is 0 Å². The van der Waals surface area contributed by atoms with E-state index in [1.165, 1.54) is 38.2 Å². The predicted octanol–water partition coefficient (Wildman–Crippen LogP) is 5.52. The van der Waals surface area contributed by atoms with E-state index in [0.717, 1.165) is 19.3 Å². The van der Waals surface area contributed by atoms with E-state index in [9.17, 15) is 9.50 Å². The Kier molecular flexibility index (Phi) is 8.88. The molecule has 0 aliphatic heterocycles. The molecule has 1 aromatic rings. The monoisotopic (exact) mass is 300 g/mol. The molecule has 0 saturated heterocycles. The van der Waals surface area contributed by atoms with Gasteiger partial charge in [0.2, 0.25) is 0 Å². The van der Waals surface area contributed by atoms with E-state index in [1.807, 2.05) is 0 Å². The van der Waals surface area contributed by atoms with Gasteiger partial charge >= 0.3 is 0 Å². The van der Waals surface area contributed by atoms with Crippen molar-refractivity contribution < 1.29 is 9.50 Å². The topological polar surface area (TPSA) is 20.2 Å². The van der Waals surface area contributed by atoms with Crippen molar-refractivity contribution in [2.24, 2.45) is 0 Å². The van der Waals surface area contributed by atoms with E-state index in [1.54, 1.807) is 12.1 Å². The van der Waals surface area contributed by atoms with Gasteiger partial charge in [-0.25, -0.2) is 4.39 Å². The lowest BCUT2D eigenvalue weighted by Gasteiger charge is -2.12. The molecule has 20 heavy (non-hydrogen) atoms. The molecule has 1 N–H and O–H groups in total. The molecular formula is C17H26ClFO. The molecule has 0 bridgehead atoms. The maximum atomic E-state index is 13.3. The van der Waals surface area contributed by atoms with Crippen LogP contribution in [0.15, 0.2) is 18.2 Å². The molecule has 0 aliphatic rings. The lowest BCUT2D eigenvalue weighted by Crippen LogP contribution is -2.11. The number of hydrogen-bond donors (Lipinski definition) is 1. The maximum Gasteiger partial charge on any atom is 0.142 e. The van der Waals surface area contributed by atoms with Crippen molar-refractivity contribution in [3.8, 4) is 0 Å². The van der Waals surface area contributed by atoms with Crippen LogP contribution in [0.3, 0.4) is 0 Å². The first kappa shape index (κ1) is 17.5. The largest absolute Gasteiger partial charge is 0.393 e. The van der Waals surface area contributed by atoms with Crippen molar-refractivity contribution in [3.05, 3.63) is 34.6 Å². The minimum absolute atomic E-state index is 0.145. The summed E-state index contributed by atoms with van der Waals surface area (Å²) in [5, 5.41) is 10.1. The Balaban J connectivity index is 2.17. The molecule has 0 heterocycles. The Morgan fingerprint density at radius 3 is 2.45 bits per heavy atom. The van der Waals surface area contributed by atoms with Crippen LogP contribution in [0.2, 0.25) is 5.02 Å². The fourth-order valence-corrected chi connectivity index (χ4v) is 2.60. The van der Waals surface area contributed by atoms with Crippen molar-refractivity contribution in [2.45, 2.75) is 70.8 Å². The summed E-state index contributed by atoms with van der Waals surface area (Å²) in [4.78, 5) is 0. The molecule has 1 nitrogen and oxygen atoms in total. The fourth-order valence-electron chi connectivity index (χ4n) is 2.40. The number of hydrogen-bond acceptors (Lipinski definition) is 1. The Labute approximate surface area is 127 Å². The van der Waals surface area contributed by atoms with Crippen LogP contribution in [-0.4, -0.2) is 11.2 Å². The van der Waals surface area contributed by atoms with Crippen LogP contribution in [0.5, 0.6) is 0 Å². The first-order valence-corrected chi connectivity index (χ1v) is 8.14. The van der Waals surface area contributed by atoms with Crippen LogP contribution >= 0.6 is 11.6 Å². The summed E-state index contributed by atoms with van der Waals surface area (Å²) in [6.07, 6.45) is 9.41. The summed E-state index contributed by atoms with van der Waals surface area (Å²) < 4.78 is 13.3. The number of rotatable bonds is 10. The highest BCUT2D eigenvalue weighted by molar-refractivity contribution is 6.31. The third-order valence-corrected chi connectivity index (χ3v) is 4.05. The van der Waals surface area contributed by atoms with E-state index in [0.29, 0.717) is 12.0 Å². The molecule has 0 radical (unpaired) electrons. The minimum atomic E-state index is -0.426. The number of aliphatic hydroxyl groups excluding tert-OH is 1. The smallest absolute Gasteiger partial charge is 0.142 e. The maximum absolute atomic E-state index is 13.3. The predicted molar refractivity (Wildman–Crippen MR) is 83.7 cm³/mol. The Morgan fingerprint density at radius 1 is 1.10 bits per heavy atom. The molecule has 0 saturated carbocycles. The van der Waals surface area contributed by atoms with E-state index in [4.69, 9.17) is 11.6 Å². The van der Waals surface area contributed by atoms with Crippen molar-refractivity contribution in [1.29, 1.82) is 0 Å². The molecule has 114 valence electrons. The Hall–Kier alpha value is -0.600. The number of aliphatic hydroxyl groups is 1. The van der Waals surface area contributed by atoms with E-state index in [-0.39, 0.29) is 5.02 Å². The van der Waals surface area contributed by atoms with Crippen molar-refractivity contribution >= 4 is 11.6 Å². The molecule has 1 rings (SSSR count). The van der Waals surface area contributed by atoms with Gasteiger partial charge in [-0.15, -0.1) is 0 Å². The summed E-state index contributed by atoms with van der Waals surface area (Å²) in [6.45, 7) is 2.22. The van der Waals surface area contributed by atoms with E-state index >= 15 is 0 Å². The van der Waals surface area contributed by atoms with Crippen LogP contribution in [0, 0.1) is 5.82 Å². The van der Waals surface area contributed by atoms with Crippen molar-refractivity contribution in [1.82, 2.24) is 0 Å². The number of halogens is 2. The molecule has 0 spiro atoms. The summed E-state index contributed by atoms with van der Waals surface area (Å²) in [7, 11) is 0. The number of unbranched alkanes of at least 4 members (excludes halogenated alkanes) is 6. The molecule has 1 atom stereocenters. The average Bonchev–Trinajstić information content (AvgIpc) is 2.43. The summed E-state index contributed by atoms with van der Waals surface area (Å²) in [5.74, 6) is -0.410. The van der Waals surface area contributed by atoms with Crippen LogP contribution in [0.25, 0.3) is 0 Å². The second-order valence-corrected chi connectivity index (χ2v) is 5.86. The Morgan fingerprint density at radius 2 is 1.75 bits per heavy atom. The molecule has 1 unspecified atom stereocenters. The molecule has 0 amide bonds. The lowest BCUT2D eigenvalue weighted by molar-refractivity contribution is 0.161. The zero-order chi connectivity index (χ0) is 14.8. The van der Waals surface area contributed by atoms with Crippen LogP contribution < -0.4 is 0 Å². The van der Waals surface area contributed by atoms with Gasteiger partial charge < -0.3 is 5.11 Å². The van der Waals surface area contributed by atoms with Crippen LogP contribution in [0.1, 0.15) is 63.9 Å². The van der Waals surface area contributed by atoms with Gasteiger partial charge in [0.05, 0.1) is 11.1 Å². The standard InChI is InChI=1S/C17H26ClFO/c1-2-3-4-5-6-7-8-11-15(20)13-14-10-9-12-16(19)17(14)18/h9-10,12,15,20H,2-8,11,13H2,1H3. The molecule has 0 fully saturated rings. The lowest BCUT2D eigenvalue weighted by atomic mass is 10.0. The second-order valence-electron chi connectivity index (χ2n) is 5.48. The summed E-state index contributed by atoms with van der Waals surface area (Å²) in [5.41, 5.74) is 0.696. The van der Waals surface area contributed by atoms with Gasteiger partial charge in [-0.05, 0) is 24.5 Å². The fraction of sp³-hybridized carbons (Fsp3) is 0.647. The highest BCUT2D eigenvalue weighted by Crippen LogP contribution is 2.22. The van der Waals surface area contributed by atoms with Gasteiger partial charge in [0.25, 0.3) is 0 Å². The van der Waals surface area contributed by atoms with Gasteiger partial charge in [0, 0.05) is 0 Å². The molecular weight excluding hydrogens is 275 g/mol. The first-order chi connectivity index (χ1) is 9.65. The molecule has 1 aromatic carbocycles. The van der Waals surface area contributed by atoms with Crippen LogP contribution in [0.4, 0.5) is 4.39 Å². The van der Waals surface area contributed by atoms with E-state index < -0.39 is 11.9 Å². The van der Waals surface area contributed by atoms with Gasteiger partial charge in [-0.3, -0.25) is 0 Å². The SMILES string of the molecule is CCCCCCCCCC(O)Cc1cccc(F)c1Cl. The summed E-state index contributed by atoms with van der Waals surface area (Å²) >= 11 is 5.88. The highest BCUT2D eigenvalue weighted by Gasteiger charge is 2.10. The average molecular weight is 301 g/mol. The highest BCUT2D eigenvalue weighted by atomic mass is 35.5. The Bertz CT molecular complexity index is 381. The zero-order valence-electron chi connectivity index (χ0n) is 12.4. The summed E-state index contributed by atoms with van der Waals surface area (Å²) in [6, 6.07) is 4.75. The third kappa shape index (κ3) is 6.71. The number of benzene rings is 1.